The van der Waals surface area contributed by atoms with Crippen molar-refractivity contribution in [1.82, 2.24) is 0 Å². The van der Waals surface area contributed by atoms with Gasteiger partial charge in [0.2, 0.25) is 0 Å². The van der Waals surface area contributed by atoms with Gasteiger partial charge in [-0.2, -0.15) is 0 Å². The number of hydrogen-bond donors (Lipinski definition) is 0. The van der Waals surface area contributed by atoms with Crippen LogP contribution in [0.4, 0.5) is 0 Å². The van der Waals surface area contributed by atoms with E-state index in [1.54, 1.807) is 6.92 Å². The molecule has 0 spiro atoms. The Hall–Kier alpha value is -1.51. The van der Waals surface area contributed by atoms with Crippen molar-refractivity contribution in [3.05, 3.63) is 91.0 Å². The van der Waals surface area contributed by atoms with E-state index in [1.807, 2.05) is 0 Å². The zero-order valence-corrected chi connectivity index (χ0v) is 18.2. The molecule has 1 nitrogen and oxygen atoms in total. The summed E-state index contributed by atoms with van der Waals surface area (Å²) in [4.78, 5) is 12.3. The van der Waals surface area contributed by atoms with Crippen LogP contribution in [0.3, 0.4) is 0 Å². The third kappa shape index (κ3) is 3.25. The molecular weight excluding hydrogens is 450 g/mol. The summed E-state index contributed by atoms with van der Waals surface area (Å²) in [6, 6.07) is 32.2. The third-order valence-electron chi connectivity index (χ3n) is 5.19. The summed E-state index contributed by atoms with van der Waals surface area (Å²) in [5.74, 6) is 0.239. The van der Waals surface area contributed by atoms with Gasteiger partial charge in [0, 0.05) is 0 Å². The Labute approximate surface area is 169 Å². The van der Waals surface area contributed by atoms with Gasteiger partial charge in [-0.05, 0) is 0 Å². The molecule has 0 aliphatic rings. The molecule has 134 valence electrons. The van der Waals surface area contributed by atoms with Crippen molar-refractivity contribution >= 4 is 48.0 Å². The minimum absolute atomic E-state index is 0.00909. The van der Waals surface area contributed by atoms with Crippen LogP contribution in [0.5, 0.6) is 0 Å². The molecule has 0 aromatic heterocycles. The summed E-state index contributed by atoms with van der Waals surface area (Å²) >= 11 is 2.73. The molecule has 1 atom stereocenters. The maximum absolute atomic E-state index is 12.3. The molecule has 3 rings (SSSR count). The average molecular weight is 474 g/mol. The van der Waals surface area contributed by atoms with Crippen LogP contribution in [0, 0.1) is 5.92 Å². The van der Waals surface area contributed by atoms with Gasteiger partial charge in [-0.25, -0.2) is 0 Å². The van der Waals surface area contributed by atoms with Crippen molar-refractivity contribution < 1.29 is 4.79 Å². The summed E-state index contributed by atoms with van der Waals surface area (Å²) < 4.78 is -2.81. The van der Waals surface area contributed by atoms with Crippen molar-refractivity contribution in [2.75, 3.05) is 6.16 Å². The van der Waals surface area contributed by atoms with Crippen LogP contribution < -0.4 is 15.9 Å². The van der Waals surface area contributed by atoms with Crippen LogP contribution in [-0.4, -0.2) is 11.9 Å². The zero-order chi connectivity index (χ0) is 18.6. The Morgan fingerprint density at radius 1 is 0.769 bits per heavy atom. The first-order valence-corrected chi connectivity index (χ1v) is 14.1. The van der Waals surface area contributed by atoms with E-state index < -0.39 is 4.25 Å². The van der Waals surface area contributed by atoms with Gasteiger partial charge in [-0.1, -0.05) is 0 Å². The number of rotatable bonds is 6. The molecule has 0 bridgehead atoms. The molecule has 0 radical (unpaired) electrons. The first kappa shape index (κ1) is 19.3. The van der Waals surface area contributed by atoms with Gasteiger partial charge in [-0.15, -0.1) is 0 Å². The second-order valence-corrected chi connectivity index (χ2v) is 17.6. The zero-order valence-electron chi connectivity index (χ0n) is 15.2. The summed E-state index contributed by atoms with van der Waals surface area (Å²) in [5, 5.41) is 3.97. The fourth-order valence-corrected chi connectivity index (χ4v) is 13.5. The summed E-state index contributed by atoms with van der Waals surface area (Å²) in [5.41, 5.74) is 0. The molecule has 26 heavy (non-hydrogen) atoms. The molecule has 0 heterocycles. The molecule has 0 amide bonds. The molecule has 0 aliphatic heterocycles. The van der Waals surface area contributed by atoms with E-state index in [4.69, 9.17) is 0 Å². The van der Waals surface area contributed by atoms with E-state index in [0.717, 1.165) is 6.16 Å². The Kier molecular flexibility index (Phi) is 5.64. The summed E-state index contributed by atoms with van der Waals surface area (Å²) in [6.07, 6.45) is 0.833. The monoisotopic (exact) mass is 474 g/mol. The number of halogens is 1. The van der Waals surface area contributed by atoms with Crippen LogP contribution >= 0.6 is 26.3 Å². The molecular formula is C23H24IOP. The van der Waals surface area contributed by atoms with E-state index in [9.17, 15) is 4.79 Å². The van der Waals surface area contributed by atoms with Gasteiger partial charge < -0.3 is 0 Å². The van der Waals surface area contributed by atoms with E-state index in [-0.39, 0.29) is 11.7 Å². The molecule has 0 saturated heterocycles. The Morgan fingerprint density at radius 2 is 1.08 bits per heavy atom. The van der Waals surface area contributed by atoms with Crippen LogP contribution in [0.25, 0.3) is 0 Å². The number of benzene rings is 3. The van der Waals surface area contributed by atoms with Gasteiger partial charge in [0.05, 0.1) is 0 Å². The molecule has 3 aromatic carbocycles. The maximum atomic E-state index is 12.3. The predicted molar refractivity (Wildman–Crippen MR) is 124 cm³/mol. The van der Waals surface area contributed by atoms with Crippen molar-refractivity contribution in [2.24, 2.45) is 5.92 Å². The number of hydrogen-bond acceptors (Lipinski definition) is 1. The predicted octanol–water partition coefficient (Wildman–Crippen LogP) is 5.09. The Balaban J connectivity index is 2.41. The molecule has 0 saturated carbocycles. The minimum atomic E-state index is -2.81. The van der Waals surface area contributed by atoms with Crippen LogP contribution in [-0.2, 0) is 4.79 Å². The van der Waals surface area contributed by atoms with Crippen molar-refractivity contribution in [3.63, 3.8) is 0 Å². The van der Waals surface area contributed by atoms with Crippen LogP contribution in [0.1, 0.15) is 13.8 Å². The van der Waals surface area contributed by atoms with Crippen molar-refractivity contribution in [1.29, 1.82) is 0 Å². The molecule has 0 N–H and O–H groups in total. The molecule has 3 aromatic rings. The van der Waals surface area contributed by atoms with Crippen LogP contribution in [0.2, 0.25) is 0 Å². The first-order valence-electron chi connectivity index (χ1n) is 8.87. The van der Waals surface area contributed by atoms with Gasteiger partial charge in [0.15, 0.2) is 0 Å². The Morgan fingerprint density at radius 3 is 1.35 bits per heavy atom. The Bertz CT molecular complexity index is 778. The SMILES string of the molecule is CC(=O)C(C)CP(I)(c1ccccc1)(c1ccccc1)c1ccccc1. The van der Waals surface area contributed by atoms with Gasteiger partial charge in [0.25, 0.3) is 0 Å². The number of Topliss-reactive ketones (excluding diaryl/α,β-unsaturated/α-hetero) is 1. The summed E-state index contributed by atoms with van der Waals surface area (Å²) in [6.45, 7) is 3.78. The fourth-order valence-electron chi connectivity index (χ4n) is 3.62. The number of ketones is 1. The van der Waals surface area contributed by atoms with Crippen molar-refractivity contribution in [3.8, 4) is 0 Å². The molecule has 1 unspecified atom stereocenters. The standard InChI is InChI=1S/C23H24IOP/c1-19(20(2)25)18-26(24,21-12-6-3-7-13-21,22-14-8-4-9-15-22)23-16-10-5-11-17-23/h3-17,19H,18H2,1-2H3. The van der Waals surface area contributed by atoms with E-state index in [1.165, 1.54) is 15.9 Å². The number of carbonyl (C=O) groups is 1. The van der Waals surface area contributed by atoms with Gasteiger partial charge >= 0.3 is 170 Å². The van der Waals surface area contributed by atoms with Crippen molar-refractivity contribution in [2.45, 2.75) is 13.8 Å². The average Bonchev–Trinajstić information content (AvgIpc) is 2.70. The first-order chi connectivity index (χ1) is 12.5. The normalized spacial score (nSPS) is 14.2. The second kappa shape index (κ2) is 7.62. The molecule has 3 heteroatoms. The quantitative estimate of drug-likeness (QED) is 0.360. The summed E-state index contributed by atoms with van der Waals surface area (Å²) in [7, 11) is 0. The molecule has 0 aliphatic carbocycles. The molecule has 0 fully saturated rings. The topological polar surface area (TPSA) is 17.1 Å². The number of carbonyl (C=O) groups excluding carboxylic acids is 1. The van der Waals surface area contributed by atoms with Crippen LogP contribution in [0.15, 0.2) is 91.0 Å². The van der Waals surface area contributed by atoms with Gasteiger partial charge in [0.1, 0.15) is 0 Å². The van der Waals surface area contributed by atoms with E-state index in [2.05, 4.69) is 120 Å². The van der Waals surface area contributed by atoms with Gasteiger partial charge in [-0.3, -0.25) is 0 Å². The third-order valence-corrected chi connectivity index (χ3v) is 16.7. The second-order valence-electron chi connectivity index (χ2n) is 6.88. The fraction of sp³-hybridized carbons (Fsp3) is 0.174. The van der Waals surface area contributed by atoms with E-state index in [0.29, 0.717) is 0 Å². The van der Waals surface area contributed by atoms with E-state index >= 15 is 0 Å².